The van der Waals surface area contributed by atoms with Crippen LogP contribution in [0.5, 0.6) is 5.75 Å². The largest absolute Gasteiger partial charge is 0.496 e. The highest BCUT2D eigenvalue weighted by Gasteiger charge is 2.56. The molecule has 8 heteroatoms. The minimum absolute atomic E-state index is 0.0136. The van der Waals surface area contributed by atoms with E-state index in [0.717, 1.165) is 22.4 Å². The molecule has 0 saturated carbocycles. The molecule has 0 bridgehead atoms. The molecule has 2 N–H and O–H groups in total. The van der Waals surface area contributed by atoms with Gasteiger partial charge in [0.05, 0.1) is 45.2 Å². The van der Waals surface area contributed by atoms with Gasteiger partial charge in [0.15, 0.2) is 0 Å². The van der Waals surface area contributed by atoms with Gasteiger partial charge in [0.1, 0.15) is 11.7 Å². The van der Waals surface area contributed by atoms with Crippen molar-refractivity contribution in [3.8, 4) is 5.75 Å². The predicted octanol–water partition coefficient (Wildman–Crippen LogP) is 3.38. The van der Waals surface area contributed by atoms with Crippen molar-refractivity contribution < 1.29 is 32.8 Å². The van der Waals surface area contributed by atoms with Crippen molar-refractivity contribution in [2.45, 2.75) is 49.4 Å². The van der Waals surface area contributed by atoms with E-state index in [2.05, 4.69) is 5.32 Å². The summed E-state index contributed by atoms with van der Waals surface area (Å²) < 4.78 is 52.4. The molecule has 4 atom stereocenters. The van der Waals surface area contributed by atoms with Gasteiger partial charge < -0.3 is 19.7 Å². The van der Waals surface area contributed by atoms with E-state index in [1.165, 1.54) is 4.90 Å². The average molecular weight is 490 g/mol. The summed E-state index contributed by atoms with van der Waals surface area (Å²) >= 11 is 0. The first-order chi connectivity index (χ1) is 16.8. The predicted molar refractivity (Wildman–Crippen MR) is 124 cm³/mol. The van der Waals surface area contributed by atoms with E-state index in [-0.39, 0.29) is 11.8 Å². The lowest BCUT2D eigenvalue weighted by atomic mass is 9.69. The van der Waals surface area contributed by atoms with Gasteiger partial charge in [-0.2, -0.15) is 13.2 Å². The molecule has 3 heterocycles. The Kier molecular flexibility index (Phi) is 6.53. The van der Waals surface area contributed by atoms with Gasteiger partial charge in [-0.05, 0) is 36.0 Å². The molecule has 5 rings (SSSR count). The molecule has 0 unspecified atom stereocenters. The van der Waals surface area contributed by atoms with Crippen LogP contribution >= 0.6 is 0 Å². The summed E-state index contributed by atoms with van der Waals surface area (Å²) in [6.07, 6.45) is -4.34. The number of fused-ring (bicyclic) bond motifs is 2. The van der Waals surface area contributed by atoms with Gasteiger partial charge in [0.25, 0.3) is 0 Å². The highest BCUT2D eigenvalue weighted by molar-refractivity contribution is 5.82. The van der Waals surface area contributed by atoms with E-state index in [1.54, 1.807) is 7.11 Å². The number of carbonyl (C=O) groups excluding carboxylic acids is 1. The maximum Gasteiger partial charge on any atom is 0.391 e. The smallest absolute Gasteiger partial charge is 0.391 e. The number of methoxy groups -OCH3 is 1. The third-order valence-electron chi connectivity index (χ3n) is 8.11. The minimum atomic E-state index is -4.34. The summed E-state index contributed by atoms with van der Waals surface area (Å²) in [4.78, 5) is 15.6. The first-order valence-electron chi connectivity index (χ1n) is 12.3. The van der Waals surface area contributed by atoms with E-state index < -0.39 is 30.0 Å². The maximum absolute atomic E-state index is 14.0. The Bertz CT molecular complexity index is 1060. The van der Waals surface area contributed by atoms with Crippen molar-refractivity contribution in [2.24, 2.45) is 5.92 Å². The van der Waals surface area contributed by atoms with Crippen molar-refractivity contribution in [3.05, 3.63) is 65.2 Å². The Hall–Kier alpha value is -2.58. The number of hydrogen-bond acceptors (Lipinski definition) is 3. The number of nitrogens with zero attached hydrogens (tertiary/aromatic N) is 1. The van der Waals surface area contributed by atoms with Crippen LogP contribution in [0.15, 0.2) is 48.5 Å². The van der Waals surface area contributed by atoms with Crippen LogP contribution in [0, 0.1) is 5.92 Å². The van der Waals surface area contributed by atoms with Crippen LogP contribution in [-0.4, -0.2) is 56.4 Å². The second-order valence-electron chi connectivity index (χ2n) is 10.1. The molecule has 2 saturated heterocycles. The van der Waals surface area contributed by atoms with E-state index in [1.807, 2.05) is 48.5 Å². The molecule has 2 aromatic carbocycles. The number of benzene rings is 2. The number of quaternary nitrogens is 1. The minimum Gasteiger partial charge on any atom is -0.496 e. The number of carbonyl (C=O) groups is 1. The van der Waals surface area contributed by atoms with E-state index >= 15 is 0 Å². The third-order valence-corrected chi connectivity index (χ3v) is 8.11. The molecule has 1 amide bonds. The van der Waals surface area contributed by atoms with Crippen molar-refractivity contribution in [1.29, 1.82) is 0 Å². The van der Waals surface area contributed by atoms with Gasteiger partial charge in [0.2, 0.25) is 5.91 Å². The van der Waals surface area contributed by atoms with Crippen molar-refractivity contribution in [2.75, 3.05) is 33.4 Å². The van der Waals surface area contributed by atoms with Crippen LogP contribution < -0.4 is 10.1 Å². The molecule has 0 aliphatic carbocycles. The summed E-state index contributed by atoms with van der Waals surface area (Å²) in [5, 5.41) is 2.09. The Labute approximate surface area is 203 Å². The van der Waals surface area contributed by atoms with E-state index in [9.17, 15) is 18.0 Å². The number of ether oxygens (including phenoxy) is 2. The Balaban J connectivity index is 1.45. The van der Waals surface area contributed by atoms with Crippen LogP contribution in [0.25, 0.3) is 0 Å². The molecular formula is C27H32F3N2O3+. The number of alkyl halides is 3. The molecule has 2 aromatic rings. The van der Waals surface area contributed by atoms with Crippen LogP contribution in [0.3, 0.4) is 0 Å². The van der Waals surface area contributed by atoms with Crippen molar-refractivity contribution in [3.63, 3.8) is 0 Å². The van der Waals surface area contributed by atoms with Crippen LogP contribution in [0.2, 0.25) is 0 Å². The quantitative estimate of drug-likeness (QED) is 0.717. The Morgan fingerprint density at radius 3 is 2.74 bits per heavy atom. The zero-order valence-corrected chi connectivity index (χ0v) is 19.9. The highest BCUT2D eigenvalue weighted by Crippen LogP contribution is 2.44. The van der Waals surface area contributed by atoms with Gasteiger partial charge >= 0.3 is 6.18 Å². The number of halogens is 3. The molecule has 1 spiro atoms. The molecule has 35 heavy (non-hydrogen) atoms. The lowest BCUT2D eigenvalue weighted by Gasteiger charge is -2.44. The van der Waals surface area contributed by atoms with Gasteiger partial charge in [-0.3, -0.25) is 4.79 Å². The summed E-state index contributed by atoms with van der Waals surface area (Å²) in [5.41, 5.74) is 2.43. The molecule has 0 aromatic heterocycles. The molecule has 188 valence electrons. The topological polar surface area (TPSA) is 55.4 Å². The zero-order valence-electron chi connectivity index (χ0n) is 19.9. The average Bonchev–Trinajstić information content (AvgIpc) is 3.27. The fraction of sp³-hybridized carbons (Fsp3) is 0.519. The molecule has 3 aliphatic rings. The number of nitrogens with two attached hydrogens (primary N) is 1. The number of amides is 1. The fourth-order valence-electron chi connectivity index (χ4n) is 6.48. The molecule has 3 aliphatic heterocycles. The van der Waals surface area contributed by atoms with Gasteiger partial charge in [0, 0.05) is 18.2 Å². The first-order valence-corrected chi connectivity index (χ1v) is 12.3. The van der Waals surface area contributed by atoms with Gasteiger partial charge in [-0.15, -0.1) is 0 Å². The number of piperidine rings is 1. The van der Waals surface area contributed by atoms with Crippen LogP contribution in [-0.2, 0) is 21.6 Å². The van der Waals surface area contributed by atoms with Crippen molar-refractivity contribution in [1.82, 2.24) is 4.90 Å². The Morgan fingerprint density at radius 2 is 2.00 bits per heavy atom. The molecular weight excluding hydrogens is 457 g/mol. The molecule has 2 fully saturated rings. The molecule has 0 radical (unpaired) electrons. The highest BCUT2D eigenvalue weighted by atomic mass is 19.4. The van der Waals surface area contributed by atoms with Gasteiger partial charge in [-0.25, -0.2) is 0 Å². The lowest BCUT2D eigenvalue weighted by Crippen LogP contribution is -2.82. The lowest BCUT2D eigenvalue weighted by molar-refractivity contribution is -0.640. The summed E-state index contributed by atoms with van der Waals surface area (Å²) in [5.74, 6) is 0.106. The SMILES string of the molecule is COc1cccc2c1COC[C@]21C[NH2+]C[C@H]1C(=O)N1CC[C@@H](c2ccccc2)C[C@H]1CC(F)(F)F. The van der Waals surface area contributed by atoms with E-state index in [0.29, 0.717) is 45.7 Å². The normalized spacial score (nSPS) is 28.7. The zero-order chi connectivity index (χ0) is 24.6. The van der Waals surface area contributed by atoms with Crippen LogP contribution in [0.1, 0.15) is 41.9 Å². The third kappa shape index (κ3) is 4.54. The summed E-state index contributed by atoms with van der Waals surface area (Å²) in [7, 11) is 1.61. The summed E-state index contributed by atoms with van der Waals surface area (Å²) in [6, 6.07) is 14.6. The second kappa shape index (κ2) is 9.47. The fourth-order valence-corrected chi connectivity index (χ4v) is 6.48. The summed E-state index contributed by atoms with van der Waals surface area (Å²) in [6.45, 7) is 2.31. The first kappa shape index (κ1) is 24.1. The van der Waals surface area contributed by atoms with Crippen LogP contribution in [0.4, 0.5) is 13.2 Å². The standard InChI is InChI=1S/C27H31F3N2O3/c1-34-24-9-5-8-22-21(24)15-35-17-26(22)16-31-14-23(26)25(33)32-11-10-19(18-6-3-2-4-7-18)12-20(32)13-27(28,29)30/h2-9,19-20,23,31H,10-17H2,1H3/p+1/t19-,20+,23+,26-/m1/s1. The monoisotopic (exact) mass is 489 g/mol. The maximum atomic E-state index is 14.0. The van der Waals surface area contributed by atoms with E-state index in [4.69, 9.17) is 9.47 Å². The molecule has 5 nitrogen and oxygen atoms in total. The second-order valence-corrected chi connectivity index (χ2v) is 10.1. The number of rotatable bonds is 4. The van der Waals surface area contributed by atoms with Crippen molar-refractivity contribution >= 4 is 5.91 Å². The number of hydrogen-bond donors (Lipinski definition) is 1. The Morgan fingerprint density at radius 1 is 1.20 bits per heavy atom. The van der Waals surface area contributed by atoms with Gasteiger partial charge in [-0.1, -0.05) is 42.5 Å². The number of likely N-dealkylation sites (tertiary alicyclic amines) is 1.